The number of nitrogens with zero attached hydrogens (tertiary/aromatic N) is 1. The molecule has 1 aromatic rings. The molecule has 0 saturated heterocycles. The van der Waals surface area contributed by atoms with E-state index in [1.54, 1.807) is 24.8 Å². The minimum atomic E-state index is -1.23. The van der Waals surface area contributed by atoms with Crippen LogP contribution in [0.2, 0.25) is 0 Å². The number of rotatable bonds is 6. The Kier molecular flexibility index (Phi) is 6.51. The lowest BCUT2D eigenvalue weighted by molar-refractivity contribution is -0.139. The van der Waals surface area contributed by atoms with Crippen molar-refractivity contribution in [2.45, 2.75) is 39.8 Å². The molecular weight excluding hydrogens is 350 g/mol. The average Bonchev–Trinajstić information content (AvgIpc) is 2.59. The van der Waals surface area contributed by atoms with E-state index in [9.17, 15) is 25.2 Å². The second kappa shape index (κ2) is 8.45. The molecule has 148 valence electrons. The lowest BCUT2D eigenvalue weighted by atomic mass is 9.94. The van der Waals surface area contributed by atoms with Crippen molar-refractivity contribution in [3.63, 3.8) is 0 Å². The molecule has 0 amide bonds. The summed E-state index contributed by atoms with van der Waals surface area (Å²) in [6.07, 6.45) is 1.67. The molecule has 0 spiro atoms. The highest BCUT2D eigenvalue weighted by molar-refractivity contribution is 5.92. The molecule has 1 aliphatic rings. The Labute approximate surface area is 158 Å². The van der Waals surface area contributed by atoms with Crippen LogP contribution in [0, 0.1) is 12.8 Å². The van der Waals surface area contributed by atoms with Gasteiger partial charge < -0.3 is 30.1 Å². The molecule has 4 N–H and O–H groups in total. The molecule has 7 heteroatoms. The number of aryl methyl sites for hydroxylation is 1. The third kappa shape index (κ3) is 4.26. The van der Waals surface area contributed by atoms with Gasteiger partial charge in [0, 0.05) is 17.8 Å². The van der Waals surface area contributed by atoms with Gasteiger partial charge in [0.2, 0.25) is 0 Å². The normalized spacial score (nSPS) is 18.2. The average molecular weight is 377 g/mol. The maximum absolute atomic E-state index is 12.2. The van der Waals surface area contributed by atoms with Crippen molar-refractivity contribution in [1.82, 2.24) is 4.90 Å². The van der Waals surface area contributed by atoms with Crippen molar-refractivity contribution >= 4 is 11.7 Å². The van der Waals surface area contributed by atoms with Crippen molar-refractivity contribution in [1.29, 1.82) is 0 Å². The number of ether oxygens (including phenoxy) is 1. The third-order valence-corrected chi connectivity index (χ3v) is 4.61. The monoisotopic (exact) mass is 377 g/mol. The van der Waals surface area contributed by atoms with Crippen LogP contribution in [-0.4, -0.2) is 56.7 Å². The highest BCUT2D eigenvalue weighted by atomic mass is 16.5. The van der Waals surface area contributed by atoms with Crippen LogP contribution in [-0.2, 0) is 9.53 Å². The largest absolute Gasteiger partial charge is 0.508 e. The predicted octanol–water partition coefficient (Wildman–Crippen LogP) is 1.89. The Bertz CT molecular complexity index is 768. The third-order valence-electron chi connectivity index (χ3n) is 4.61. The summed E-state index contributed by atoms with van der Waals surface area (Å²) in [6.45, 7) is 7.18. The summed E-state index contributed by atoms with van der Waals surface area (Å²) in [6, 6.07) is 2.42. The first-order valence-corrected chi connectivity index (χ1v) is 8.92. The van der Waals surface area contributed by atoms with Crippen molar-refractivity contribution in [3.05, 3.63) is 41.1 Å². The second-order valence-electron chi connectivity index (χ2n) is 6.86. The first-order chi connectivity index (χ1) is 12.7. The van der Waals surface area contributed by atoms with Gasteiger partial charge in [-0.1, -0.05) is 13.8 Å². The predicted molar refractivity (Wildman–Crippen MR) is 101 cm³/mol. The molecule has 2 rings (SSSR count). The number of benzene rings is 1. The number of hydrogen-bond donors (Lipinski definition) is 4. The van der Waals surface area contributed by atoms with Crippen LogP contribution in [0.4, 0.5) is 0 Å². The molecule has 1 heterocycles. The minimum absolute atomic E-state index is 0.00805. The van der Waals surface area contributed by atoms with Crippen molar-refractivity contribution < 1.29 is 30.0 Å². The van der Waals surface area contributed by atoms with Crippen LogP contribution in [0.15, 0.2) is 30.0 Å². The molecule has 0 fully saturated rings. The number of phenolic OH excluding ortho intramolecular Hbond substituents is 2. The van der Waals surface area contributed by atoms with E-state index in [2.05, 4.69) is 0 Å². The zero-order valence-electron chi connectivity index (χ0n) is 16.0. The van der Waals surface area contributed by atoms with Gasteiger partial charge in [0.25, 0.3) is 0 Å². The maximum atomic E-state index is 12.2. The lowest BCUT2D eigenvalue weighted by Gasteiger charge is -2.38. The Morgan fingerprint density at radius 3 is 2.48 bits per heavy atom. The highest BCUT2D eigenvalue weighted by Crippen LogP contribution is 2.38. The van der Waals surface area contributed by atoms with E-state index in [1.165, 1.54) is 18.3 Å². The first kappa shape index (κ1) is 20.8. The van der Waals surface area contributed by atoms with E-state index >= 15 is 0 Å². The van der Waals surface area contributed by atoms with E-state index < -0.39 is 18.1 Å². The fourth-order valence-corrected chi connectivity index (χ4v) is 3.02. The van der Waals surface area contributed by atoms with Crippen molar-refractivity contribution in [3.8, 4) is 11.5 Å². The summed E-state index contributed by atoms with van der Waals surface area (Å²) < 4.78 is 5.01. The van der Waals surface area contributed by atoms with Gasteiger partial charge >= 0.3 is 5.97 Å². The Morgan fingerprint density at radius 2 is 1.93 bits per heavy atom. The Balaban J connectivity index is 2.60. The van der Waals surface area contributed by atoms with Crippen LogP contribution < -0.4 is 0 Å². The number of hydrogen-bond acceptors (Lipinski definition) is 7. The van der Waals surface area contributed by atoms with Crippen LogP contribution in [0.1, 0.15) is 31.9 Å². The molecule has 0 bridgehead atoms. The van der Waals surface area contributed by atoms with Gasteiger partial charge in [0.1, 0.15) is 17.6 Å². The summed E-state index contributed by atoms with van der Waals surface area (Å²) >= 11 is 0. The fourth-order valence-electron chi connectivity index (χ4n) is 3.02. The topological polar surface area (TPSA) is 110 Å². The number of aliphatic hydroxyl groups is 2. The highest BCUT2D eigenvalue weighted by Gasteiger charge is 2.32. The van der Waals surface area contributed by atoms with Gasteiger partial charge in [0.05, 0.1) is 30.5 Å². The Hall–Kier alpha value is -2.51. The van der Waals surface area contributed by atoms with Crippen molar-refractivity contribution in [2.24, 2.45) is 5.92 Å². The van der Waals surface area contributed by atoms with Gasteiger partial charge in [-0.2, -0.15) is 0 Å². The van der Waals surface area contributed by atoms with Gasteiger partial charge in [-0.3, -0.25) is 0 Å². The van der Waals surface area contributed by atoms with E-state index in [0.29, 0.717) is 16.8 Å². The molecule has 0 radical (unpaired) electrons. The van der Waals surface area contributed by atoms with Gasteiger partial charge in [-0.25, -0.2) is 4.79 Å². The molecule has 2 atom stereocenters. The summed E-state index contributed by atoms with van der Waals surface area (Å²) in [4.78, 5) is 13.9. The van der Waals surface area contributed by atoms with Crippen LogP contribution in [0.3, 0.4) is 0 Å². The number of carbonyl (C=O) groups is 1. The smallest absolute Gasteiger partial charge is 0.338 e. The summed E-state index contributed by atoms with van der Waals surface area (Å²) in [5.74, 6) is -0.856. The number of esters is 1. The maximum Gasteiger partial charge on any atom is 0.338 e. The SMILES string of the molecule is CCOC(=O)C1=CN([C@@H](CO)C(C)C)C(c2cc(C)c(O)cc2O)=C[C@H]1O. The molecule has 1 aliphatic heterocycles. The standard InChI is InChI=1S/C20H27NO6/c1-5-27-20(26)14-9-21(16(10-22)11(2)3)15(7-18(14)24)13-6-12(4)17(23)8-19(13)25/h6-9,11,16,18,22-25H,5,10H2,1-4H3/t16-,18+/m0/s1. The van der Waals surface area contributed by atoms with Crippen LogP contribution in [0.25, 0.3) is 5.70 Å². The molecule has 0 aliphatic carbocycles. The van der Waals surface area contributed by atoms with E-state index in [4.69, 9.17) is 4.74 Å². The zero-order valence-corrected chi connectivity index (χ0v) is 16.0. The number of phenols is 2. The number of carbonyl (C=O) groups excluding carboxylic acids is 1. The molecule has 0 saturated carbocycles. The van der Waals surface area contributed by atoms with Gasteiger partial charge in [0.15, 0.2) is 0 Å². The summed E-state index contributed by atoms with van der Waals surface area (Å²) in [5.41, 5.74) is 1.41. The number of aliphatic hydroxyl groups excluding tert-OH is 2. The molecular formula is C20H27NO6. The second-order valence-corrected chi connectivity index (χ2v) is 6.86. The zero-order chi connectivity index (χ0) is 20.3. The first-order valence-electron chi connectivity index (χ1n) is 8.92. The van der Waals surface area contributed by atoms with Crippen LogP contribution in [0.5, 0.6) is 11.5 Å². The summed E-state index contributed by atoms with van der Waals surface area (Å²) in [5, 5.41) is 40.5. The lowest BCUT2D eigenvalue weighted by Crippen LogP contribution is -2.40. The van der Waals surface area contributed by atoms with Gasteiger partial charge in [-0.05, 0) is 37.5 Å². The minimum Gasteiger partial charge on any atom is -0.508 e. The van der Waals surface area contributed by atoms with E-state index in [1.807, 2.05) is 13.8 Å². The van der Waals surface area contributed by atoms with E-state index in [0.717, 1.165) is 0 Å². The summed E-state index contributed by atoms with van der Waals surface area (Å²) in [7, 11) is 0. The fraction of sp³-hybridized carbons (Fsp3) is 0.450. The van der Waals surface area contributed by atoms with Gasteiger partial charge in [-0.15, -0.1) is 0 Å². The molecule has 1 aromatic carbocycles. The van der Waals surface area contributed by atoms with Crippen LogP contribution >= 0.6 is 0 Å². The quantitative estimate of drug-likeness (QED) is 0.560. The van der Waals surface area contributed by atoms with Crippen molar-refractivity contribution in [2.75, 3.05) is 13.2 Å². The molecule has 0 unspecified atom stereocenters. The molecule has 0 aromatic heterocycles. The van der Waals surface area contributed by atoms with E-state index in [-0.39, 0.29) is 36.2 Å². The molecule has 7 nitrogen and oxygen atoms in total. The number of aromatic hydroxyl groups is 2. The molecule has 27 heavy (non-hydrogen) atoms. The Morgan fingerprint density at radius 1 is 1.26 bits per heavy atom.